The highest BCUT2D eigenvalue weighted by molar-refractivity contribution is 7.13. The van der Waals surface area contributed by atoms with Gasteiger partial charge in [0.2, 0.25) is 5.92 Å². The molecule has 2 aromatic heterocycles. The molecular weight excluding hydrogens is 424 g/mol. The number of alkyl halides is 2. The van der Waals surface area contributed by atoms with Gasteiger partial charge in [0.15, 0.2) is 0 Å². The summed E-state index contributed by atoms with van der Waals surface area (Å²) in [5, 5.41) is 6.20. The van der Waals surface area contributed by atoms with Gasteiger partial charge in [-0.05, 0) is 25.8 Å². The van der Waals surface area contributed by atoms with Crippen molar-refractivity contribution in [3.05, 3.63) is 23.2 Å². The zero-order valence-electron chi connectivity index (χ0n) is 17.3. The third kappa shape index (κ3) is 4.30. The van der Waals surface area contributed by atoms with Crippen LogP contribution in [0.1, 0.15) is 31.4 Å². The van der Waals surface area contributed by atoms with Gasteiger partial charge >= 0.3 is 6.09 Å². The van der Waals surface area contributed by atoms with E-state index in [-0.39, 0.29) is 31.0 Å². The molecule has 1 saturated carbocycles. The van der Waals surface area contributed by atoms with Crippen molar-refractivity contribution in [2.24, 2.45) is 0 Å². The summed E-state index contributed by atoms with van der Waals surface area (Å²) in [4.78, 5) is 25.2. The predicted octanol–water partition coefficient (Wildman–Crippen LogP) is 4.14. The fraction of sp³-hybridized carbons (Fsp3) is 0.571. The lowest BCUT2D eigenvalue weighted by atomic mass is 9.92. The normalized spacial score (nSPS) is 23.6. The van der Waals surface area contributed by atoms with Gasteiger partial charge in [-0.15, -0.1) is 11.3 Å². The lowest BCUT2D eigenvalue weighted by Gasteiger charge is -2.37. The maximum Gasteiger partial charge on any atom is 0.410 e. The molecule has 3 aliphatic rings. The molecule has 1 aliphatic carbocycles. The van der Waals surface area contributed by atoms with Crippen LogP contribution in [0, 0.1) is 6.92 Å². The predicted molar refractivity (Wildman–Crippen MR) is 115 cm³/mol. The zero-order valence-corrected chi connectivity index (χ0v) is 18.1. The molecule has 1 amide bonds. The molecule has 0 unspecified atom stereocenters. The summed E-state index contributed by atoms with van der Waals surface area (Å²) in [5.74, 6) is -1.88. The number of rotatable bonds is 4. The summed E-state index contributed by atoms with van der Waals surface area (Å²) >= 11 is 1.54. The summed E-state index contributed by atoms with van der Waals surface area (Å²) in [6.45, 7) is 4.34. The van der Waals surface area contributed by atoms with Crippen LogP contribution in [0.2, 0.25) is 0 Å². The number of amides is 1. The third-order valence-electron chi connectivity index (χ3n) is 6.20. The molecule has 5 rings (SSSR count). The smallest absolute Gasteiger partial charge is 0.410 e. The molecule has 4 heterocycles. The van der Waals surface area contributed by atoms with Gasteiger partial charge < -0.3 is 15.0 Å². The number of nitrogens with one attached hydrogen (secondary N) is 1. The van der Waals surface area contributed by atoms with E-state index in [9.17, 15) is 13.6 Å². The first-order chi connectivity index (χ1) is 14.9. The minimum absolute atomic E-state index is 0.0223. The topological polar surface area (TPSA) is 70.6 Å². The lowest BCUT2D eigenvalue weighted by Crippen LogP contribution is -2.52. The van der Waals surface area contributed by atoms with Crippen molar-refractivity contribution in [1.82, 2.24) is 14.9 Å². The van der Waals surface area contributed by atoms with Gasteiger partial charge in [-0.25, -0.2) is 23.5 Å². The SMILES string of the molecule is Cc1csc(-c2cc(N3CCN4C(=O)OC[C@H]4C3)cc(NC3CCC(F)(F)CC3)n2)n1. The van der Waals surface area contributed by atoms with E-state index in [2.05, 4.69) is 15.2 Å². The van der Waals surface area contributed by atoms with Gasteiger partial charge in [0.25, 0.3) is 0 Å². The van der Waals surface area contributed by atoms with Crippen molar-refractivity contribution >= 4 is 28.9 Å². The number of piperazine rings is 1. The summed E-state index contributed by atoms with van der Waals surface area (Å²) < 4.78 is 32.3. The van der Waals surface area contributed by atoms with Gasteiger partial charge in [0.1, 0.15) is 23.1 Å². The first kappa shape index (κ1) is 20.4. The molecule has 31 heavy (non-hydrogen) atoms. The number of pyridine rings is 1. The van der Waals surface area contributed by atoms with E-state index < -0.39 is 5.92 Å². The zero-order chi connectivity index (χ0) is 21.6. The van der Waals surface area contributed by atoms with Crippen LogP contribution in [-0.4, -0.2) is 65.2 Å². The van der Waals surface area contributed by atoms with Crippen molar-refractivity contribution in [1.29, 1.82) is 0 Å². The number of cyclic esters (lactones) is 1. The summed E-state index contributed by atoms with van der Waals surface area (Å²) in [5.41, 5.74) is 2.69. The van der Waals surface area contributed by atoms with Crippen molar-refractivity contribution < 1.29 is 18.3 Å². The van der Waals surface area contributed by atoms with E-state index in [0.29, 0.717) is 44.9 Å². The second kappa shape index (κ2) is 7.89. The number of aryl methyl sites for hydroxylation is 1. The van der Waals surface area contributed by atoms with Crippen LogP contribution < -0.4 is 10.2 Å². The van der Waals surface area contributed by atoms with Gasteiger partial charge in [0, 0.05) is 61.3 Å². The molecule has 3 fully saturated rings. The molecular formula is C21H25F2N5O2S. The van der Waals surface area contributed by atoms with E-state index in [4.69, 9.17) is 9.72 Å². The molecule has 10 heteroatoms. The van der Waals surface area contributed by atoms with E-state index >= 15 is 0 Å². The number of anilines is 2. The second-order valence-electron chi connectivity index (χ2n) is 8.53. The Kier molecular flexibility index (Phi) is 5.19. The average Bonchev–Trinajstić information content (AvgIpc) is 3.35. The molecule has 1 atom stereocenters. The van der Waals surface area contributed by atoms with E-state index in [1.54, 1.807) is 4.90 Å². The Morgan fingerprint density at radius 2 is 2.03 bits per heavy atom. The number of hydrogen-bond donors (Lipinski definition) is 1. The Balaban J connectivity index is 1.40. The highest BCUT2D eigenvalue weighted by Gasteiger charge is 2.38. The van der Waals surface area contributed by atoms with Crippen LogP contribution in [0.25, 0.3) is 10.7 Å². The van der Waals surface area contributed by atoms with Crippen LogP contribution in [-0.2, 0) is 4.74 Å². The van der Waals surface area contributed by atoms with Gasteiger partial charge in [-0.1, -0.05) is 0 Å². The molecule has 0 aromatic carbocycles. The summed E-state index contributed by atoms with van der Waals surface area (Å²) in [7, 11) is 0. The molecule has 2 saturated heterocycles. The standard InChI is InChI=1S/C21H25F2N5O2S/c1-13-12-31-19(24-13)17-8-15(27-6-7-28-16(10-27)11-30-20(28)29)9-18(26-17)25-14-2-4-21(22,23)5-3-14/h8-9,12,14,16H,2-7,10-11H2,1H3,(H,25,26)/t16-/m1/s1. The van der Waals surface area contributed by atoms with E-state index in [1.807, 2.05) is 24.4 Å². The third-order valence-corrected chi connectivity index (χ3v) is 7.18. The second-order valence-corrected chi connectivity index (χ2v) is 9.39. The van der Waals surface area contributed by atoms with Crippen molar-refractivity contribution in [3.8, 4) is 10.7 Å². The molecule has 0 spiro atoms. The van der Waals surface area contributed by atoms with Crippen molar-refractivity contribution in [2.75, 3.05) is 36.5 Å². The number of hydrogen-bond acceptors (Lipinski definition) is 7. The van der Waals surface area contributed by atoms with Crippen LogP contribution in [0.4, 0.5) is 25.1 Å². The molecule has 2 aromatic rings. The minimum atomic E-state index is -2.56. The van der Waals surface area contributed by atoms with Crippen molar-refractivity contribution in [2.45, 2.75) is 50.6 Å². The van der Waals surface area contributed by atoms with Crippen LogP contribution >= 0.6 is 11.3 Å². The first-order valence-corrected chi connectivity index (χ1v) is 11.5. The Bertz CT molecular complexity index is 974. The highest BCUT2D eigenvalue weighted by atomic mass is 32.1. The molecule has 1 N–H and O–H groups in total. The number of fused-ring (bicyclic) bond motifs is 1. The summed E-state index contributed by atoms with van der Waals surface area (Å²) in [6.07, 6.45) is 0.409. The number of ether oxygens (including phenoxy) is 1. The molecule has 0 bridgehead atoms. The molecule has 0 radical (unpaired) electrons. The van der Waals surface area contributed by atoms with Gasteiger partial charge in [-0.2, -0.15) is 0 Å². The monoisotopic (exact) mass is 449 g/mol. The summed E-state index contributed by atoms with van der Waals surface area (Å²) in [6, 6.07) is 4.01. The average molecular weight is 450 g/mol. The van der Waals surface area contributed by atoms with Crippen LogP contribution in [0.15, 0.2) is 17.5 Å². The number of carbonyl (C=O) groups is 1. The van der Waals surface area contributed by atoms with Crippen LogP contribution in [0.3, 0.4) is 0 Å². The number of carbonyl (C=O) groups excluding carboxylic acids is 1. The van der Waals surface area contributed by atoms with Crippen LogP contribution in [0.5, 0.6) is 0 Å². The van der Waals surface area contributed by atoms with E-state index in [0.717, 1.165) is 22.1 Å². The fourth-order valence-corrected chi connectivity index (χ4v) is 5.23. The van der Waals surface area contributed by atoms with Crippen molar-refractivity contribution in [3.63, 3.8) is 0 Å². The number of aromatic nitrogens is 2. The van der Waals surface area contributed by atoms with Gasteiger partial charge in [-0.3, -0.25) is 4.90 Å². The molecule has 7 nitrogen and oxygen atoms in total. The van der Waals surface area contributed by atoms with Gasteiger partial charge in [0.05, 0.1) is 6.04 Å². The maximum atomic E-state index is 13.6. The largest absolute Gasteiger partial charge is 0.447 e. The van der Waals surface area contributed by atoms with E-state index in [1.165, 1.54) is 11.3 Å². The minimum Gasteiger partial charge on any atom is -0.447 e. The Morgan fingerprint density at radius 1 is 1.23 bits per heavy atom. The maximum absolute atomic E-state index is 13.6. The Morgan fingerprint density at radius 3 is 2.77 bits per heavy atom. The Hall–Kier alpha value is -2.49. The lowest BCUT2D eigenvalue weighted by molar-refractivity contribution is -0.0361. The molecule has 2 aliphatic heterocycles. The Labute approximate surface area is 183 Å². The number of nitrogens with zero attached hydrogens (tertiary/aromatic N) is 4. The highest BCUT2D eigenvalue weighted by Crippen LogP contribution is 2.35. The number of halogens is 2. The first-order valence-electron chi connectivity index (χ1n) is 10.6. The fourth-order valence-electron chi connectivity index (χ4n) is 4.47. The molecule has 166 valence electrons. The quantitative estimate of drug-likeness (QED) is 0.757. The number of thiazole rings is 1.